The lowest BCUT2D eigenvalue weighted by atomic mass is 10.0. The Hall–Kier alpha value is -2.75. The number of unbranched alkanes of at least 4 members (excludes halogenated alkanes) is 2. The molecule has 2 N–H and O–H groups in total. The summed E-state index contributed by atoms with van der Waals surface area (Å²) in [5.74, 6) is 0. The van der Waals surface area contributed by atoms with Crippen LogP contribution in [0.25, 0.3) is 0 Å². The first kappa shape index (κ1) is 29.5. The van der Waals surface area contributed by atoms with Crippen LogP contribution in [0.2, 0.25) is 0 Å². The minimum absolute atomic E-state index is 0.336. The predicted octanol–water partition coefficient (Wildman–Crippen LogP) is 6.26. The van der Waals surface area contributed by atoms with Crippen molar-refractivity contribution in [2.75, 3.05) is 44.7 Å². The second-order valence-corrected chi connectivity index (χ2v) is 9.57. The largest absolute Gasteiger partial charge is 0.453 e. The van der Waals surface area contributed by atoms with E-state index in [0.717, 1.165) is 56.3 Å². The molecule has 8 nitrogen and oxygen atoms in total. The van der Waals surface area contributed by atoms with Crippen LogP contribution in [0.5, 0.6) is 0 Å². The van der Waals surface area contributed by atoms with Crippen molar-refractivity contribution in [3.8, 4) is 0 Å². The highest BCUT2D eigenvalue weighted by atomic mass is 32.1. The van der Waals surface area contributed by atoms with Gasteiger partial charge < -0.3 is 18.9 Å². The number of ether oxygens (including phenoxy) is 4. The Morgan fingerprint density at radius 1 is 0.778 bits per heavy atom. The Labute approximate surface area is 219 Å². The SMILES string of the molecule is COCCCCOC(C)(S)CCCCOC(=O)Nc1ccc(Cc2ccc(NC(=O)OC)cc2)cc1. The number of benzene rings is 2. The molecule has 2 amide bonds. The first-order valence-electron chi connectivity index (χ1n) is 12.1. The molecule has 1 unspecified atom stereocenters. The number of carbonyl (C=O) groups is 2. The number of hydrogen-bond donors (Lipinski definition) is 3. The third-order valence-electron chi connectivity index (χ3n) is 5.42. The molecule has 2 aromatic rings. The monoisotopic (exact) mass is 518 g/mol. The van der Waals surface area contributed by atoms with Crippen LogP contribution in [-0.2, 0) is 25.4 Å². The molecular weight excluding hydrogens is 480 g/mol. The first-order valence-corrected chi connectivity index (χ1v) is 12.6. The highest BCUT2D eigenvalue weighted by Gasteiger charge is 2.18. The molecule has 0 aromatic heterocycles. The molecule has 0 saturated heterocycles. The minimum atomic E-state index is -0.500. The maximum atomic E-state index is 12.1. The van der Waals surface area contributed by atoms with Gasteiger partial charge in [-0.05, 0) is 80.8 Å². The van der Waals surface area contributed by atoms with Crippen molar-refractivity contribution in [1.82, 2.24) is 0 Å². The normalized spacial score (nSPS) is 12.4. The average molecular weight is 519 g/mol. The molecular formula is C27H38N2O6S. The van der Waals surface area contributed by atoms with Crippen LogP contribution in [0.3, 0.4) is 0 Å². The minimum Gasteiger partial charge on any atom is -0.453 e. The van der Waals surface area contributed by atoms with Crippen LogP contribution in [0.4, 0.5) is 21.0 Å². The molecule has 0 radical (unpaired) electrons. The second-order valence-electron chi connectivity index (χ2n) is 8.63. The second kappa shape index (κ2) is 16.1. The third-order valence-corrected chi connectivity index (χ3v) is 5.77. The van der Waals surface area contributed by atoms with E-state index in [1.165, 1.54) is 7.11 Å². The number of nitrogens with one attached hydrogen (secondary N) is 2. The van der Waals surface area contributed by atoms with Gasteiger partial charge in [0.25, 0.3) is 0 Å². The van der Waals surface area contributed by atoms with Gasteiger partial charge in [-0.2, -0.15) is 0 Å². The van der Waals surface area contributed by atoms with Gasteiger partial charge >= 0.3 is 12.2 Å². The zero-order valence-electron chi connectivity index (χ0n) is 21.4. The Morgan fingerprint density at radius 2 is 1.31 bits per heavy atom. The van der Waals surface area contributed by atoms with E-state index in [4.69, 9.17) is 14.2 Å². The standard InChI is InChI=1S/C27H38N2O6S/c1-27(36,35-19-7-6-17-32-2)16-4-5-18-34-26(31)29-24-14-10-22(11-15-24)20-21-8-12-23(13-9-21)28-25(30)33-3/h8-15,36H,4-7,16-20H2,1-3H3,(H,28,30)(H,29,31). The topological polar surface area (TPSA) is 95.1 Å². The lowest BCUT2D eigenvalue weighted by Gasteiger charge is -2.24. The number of rotatable bonds is 15. The Bertz CT molecular complexity index is 919. The van der Waals surface area contributed by atoms with Gasteiger partial charge in [-0.1, -0.05) is 24.3 Å². The van der Waals surface area contributed by atoms with Crippen molar-refractivity contribution in [2.45, 2.75) is 50.4 Å². The lowest BCUT2D eigenvalue weighted by molar-refractivity contribution is 0.0272. The van der Waals surface area contributed by atoms with E-state index in [2.05, 4.69) is 28.0 Å². The molecule has 0 aliphatic carbocycles. The molecule has 0 saturated carbocycles. The molecule has 2 aromatic carbocycles. The number of methoxy groups -OCH3 is 2. The van der Waals surface area contributed by atoms with Crippen LogP contribution in [0.15, 0.2) is 48.5 Å². The third kappa shape index (κ3) is 12.3. The molecule has 0 bridgehead atoms. The van der Waals surface area contributed by atoms with Crippen molar-refractivity contribution in [2.24, 2.45) is 0 Å². The molecule has 36 heavy (non-hydrogen) atoms. The van der Waals surface area contributed by atoms with Gasteiger partial charge in [-0.3, -0.25) is 10.6 Å². The van der Waals surface area contributed by atoms with Gasteiger partial charge in [0, 0.05) is 31.7 Å². The molecule has 2 rings (SSSR count). The smallest absolute Gasteiger partial charge is 0.411 e. The van der Waals surface area contributed by atoms with E-state index in [1.807, 2.05) is 55.5 Å². The molecule has 0 fully saturated rings. The molecule has 0 aliphatic rings. The summed E-state index contributed by atoms with van der Waals surface area (Å²) in [6.45, 7) is 3.69. The quantitative estimate of drug-likeness (QED) is 0.146. The summed E-state index contributed by atoms with van der Waals surface area (Å²) in [7, 11) is 3.02. The van der Waals surface area contributed by atoms with Crippen LogP contribution >= 0.6 is 12.6 Å². The van der Waals surface area contributed by atoms with Crippen LogP contribution < -0.4 is 10.6 Å². The highest BCUT2D eigenvalue weighted by molar-refractivity contribution is 7.81. The van der Waals surface area contributed by atoms with Gasteiger partial charge in [0.15, 0.2) is 0 Å². The summed E-state index contributed by atoms with van der Waals surface area (Å²) >= 11 is 4.59. The van der Waals surface area contributed by atoms with Crippen molar-refractivity contribution in [3.05, 3.63) is 59.7 Å². The Balaban J connectivity index is 1.64. The van der Waals surface area contributed by atoms with Gasteiger partial charge in [0.2, 0.25) is 0 Å². The summed E-state index contributed by atoms with van der Waals surface area (Å²) in [5, 5.41) is 5.38. The zero-order valence-corrected chi connectivity index (χ0v) is 22.3. The number of thiol groups is 1. The number of anilines is 2. The summed E-state index contributed by atoms with van der Waals surface area (Å²) in [5.41, 5.74) is 3.54. The van der Waals surface area contributed by atoms with Gasteiger partial charge in [0.1, 0.15) is 4.93 Å². The van der Waals surface area contributed by atoms with Gasteiger partial charge in [-0.25, -0.2) is 9.59 Å². The molecule has 9 heteroatoms. The van der Waals surface area contributed by atoms with E-state index >= 15 is 0 Å². The molecule has 0 aliphatic heterocycles. The van der Waals surface area contributed by atoms with E-state index in [9.17, 15) is 9.59 Å². The Morgan fingerprint density at radius 3 is 1.86 bits per heavy atom. The molecule has 1 atom stereocenters. The van der Waals surface area contributed by atoms with Crippen molar-refractivity contribution in [3.63, 3.8) is 0 Å². The first-order chi connectivity index (χ1) is 17.3. The van der Waals surface area contributed by atoms with E-state index in [0.29, 0.717) is 24.6 Å². The fraction of sp³-hybridized carbons (Fsp3) is 0.481. The van der Waals surface area contributed by atoms with Crippen molar-refractivity contribution in [1.29, 1.82) is 0 Å². The van der Waals surface area contributed by atoms with Gasteiger partial charge in [0.05, 0.1) is 13.7 Å². The summed E-state index contributed by atoms with van der Waals surface area (Å²) < 4.78 is 20.7. The summed E-state index contributed by atoms with van der Waals surface area (Å²) in [6, 6.07) is 15.2. The number of hydrogen-bond acceptors (Lipinski definition) is 7. The molecule has 0 spiro atoms. The van der Waals surface area contributed by atoms with Gasteiger partial charge in [-0.15, -0.1) is 12.6 Å². The van der Waals surface area contributed by atoms with Crippen molar-refractivity contribution < 1.29 is 28.5 Å². The Kier molecular flexibility index (Phi) is 13.2. The van der Waals surface area contributed by atoms with Crippen LogP contribution in [0, 0.1) is 0 Å². The zero-order chi connectivity index (χ0) is 26.2. The van der Waals surface area contributed by atoms with E-state index in [1.54, 1.807) is 7.11 Å². The summed E-state index contributed by atoms with van der Waals surface area (Å²) in [6.07, 6.45) is 4.03. The van der Waals surface area contributed by atoms with Crippen molar-refractivity contribution >= 4 is 36.2 Å². The fourth-order valence-corrected chi connectivity index (χ4v) is 3.65. The van der Waals surface area contributed by atoms with Crippen LogP contribution in [-0.4, -0.2) is 51.2 Å². The maximum Gasteiger partial charge on any atom is 0.411 e. The molecule has 198 valence electrons. The number of amides is 2. The average Bonchev–Trinajstić information content (AvgIpc) is 2.86. The fourth-order valence-electron chi connectivity index (χ4n) is 3.40. The maximum absolute atomic E-state index is 12.1. The summed E-state index contributed by atoms with van der Waals surface area (Å²) in [4.78, 5) is 22.9. The predicted molar refractivity (Wildman–Crippen MR) is 145 cm³/mol. The number of carbonyl (C=O) groups excluding carboxylic acids is 2. The molecule has 0 heterocycles. The highest BCUT2D eigenvalue weighted by Crippen LogP contribution is 2.23. The van der Waals surface area contributed by atoms with E-state index < -0.39 is 17.1 Å². The lowest BCUT2D eigenvalue weighted by Crippen LogP contribution is -2.22. The van der Waals surface area contributed by atoms with E-state index in [-0.39, 0.29) is 0 Å². The van der Waals surface area contributed by atoms with Crippen LogP contribution in [0.1, 0.15) is 50.2 Å².